The first-order valence-corrected chi connectivity index (χ1v) is 10.7. The number of thioether (sulfide) groups is 1. The van der Waals surface area contributed by atoms with Gasteiger partial charge in [-0.15, -0.1) is 11.8 Å². The van der Waals surface area contributed by atoms with Gasteiger partial charge in [0.25, 0.3) is 5.91 Å². The normalized spacial score (nSPS) is 23.4. The Hall–Kier alpha value is -2.02. The fourth-order valence-corrected chi connectivity index (χ4v) is 5.48. The zero-order chi connectivity index (χ0) is 18.9. The maximum Gasteiger partial charge on any atom is 0.325 e. The summed E-state index contributed by atoms with van der Waals surface area (Å²) in [5, 5.41) is 5.99. The van der Waals surface area contributed by atoms with Gasteiger partial charge >= 0.3 is 6.03 Å². The van der Waals surface area contributed by atoms with Crippen LogP contribution in [0.5, 0.6) is 0 Å². The van der Waals surface area contributed by atoms with Gasteiger partial charge in [-0.2, -0.15) is 0 Å². The van der Waals surface area contributed by atoms with Crippen molar-refractivity contribution in [1.82, 2.24) is 15.5 Å². The van der Waals surface area contributed by atoms with Gasteiger partial charge in [-0.25, -0.2) is 4.79 Å². The smallest absolute Gasteiger partial charge is 0.325 e. The molecule has 6 nitrogen and oxygen atoms in total. The van der Waals surface area contributed by atoms with E-state index in [2.05, 4.69) is 22.8 Å². The molecule has 7 heteroatoms. The van der Waals surface area contributed by atoms with Gasteiger partial charge in [0, 0.05) is 23.6 Å². The first-order chi connectivity index (χ1) is 13.1. The maximum atomic E-state index is 12.6. The number of benzene rings is 1. The van der Waals surface area contributed by atoms with Crippen molar-refractivity contribution in [1.29, 1.82) is 0 Å². The zero-order valence-electron chi connectivity index (χ0n) is 15.3. The molecule has 0 aromatic heterocycles. The van der Waals surface area contributed by atoms with Crippen molar-refractivity contribution in [3.05, 3.63) is 29.8 Å². The quantitative estimate of drug-likeness (QED) is 0.762. The Bertz CT molecular complexity index is 761. The van der Waals surface area contributed by atoms with Crippen LogP contribution in [0.1, 0.15) is 56.6 Å². The van der Waals surface area contributed by atoms with Crippen LogP contribution >= 0.6 is 11.8 Å². The van der Waals surface area contributed by atoms with E-state index in [9.17, 15) is 14.4 Å². The number of fused-ring (bicyclic) bond motifs is 1. The number of carbonyl (C=O) groups excluding carboxylic acids is 3. The number of carbonyl (C=O) groups is 3. The summed E-state index contributed by atoms with van der Waals surface area (Å²) in [6, 6.07) is 7.93. The van der Waals surface area contributed by atoms with Gasteiger partial charge in [-0.05, 0) is 37.3 Å². The lowest BCUT2D eigenvalue weighted by molar-refractivity contribution is -0.131. The van der Waals surface area contributed by atoms with Crippen LogP contribution in [0.15, 0.2) is 29.2 Å². The lowest BCUT2D eigenvalue weighted by Gasteiger charge is -2.26. The Balaban J connectivity index is 1.28. The summed E-state index contributed by atoms with van der Waals surface area (Å²) in [7, 11) is 0. The van der Waals surface area contributed by atoms with Gasteiger partial charge in [0.05, 0.1) is 6.04 Å². The number of nitrogens with one attached hydrogen (secondary N) is 2. The molecule has 144 valence electrons. The Morgan fingerprint density at radius 3 is 2.85 bits per heavy atom. The van der Waals surface area contributed by atoms with Crippen LogP contribution < -0.4 is 10.6 Å². The van der Waals surface area contributed by atoms with Gasteiger partial charge in [0.1, 0.15) is 5.54 Å². The van der Waals surface area contributed by atoms with E-state index in [4.69, 9.17) is 0 Å². The van der Waals surface area contributed by atoms with Crippen LogP contribution in [0.3, 0.4) is 0 Å². The predicted molar refractivity (Wildman–Crippen MR) is 103 cm³/mol. The summed E-state index contributed by atoms with van der Waals surface area (Å²) in [5.74, 6) is 0.861. The van der Waals surface area contributed by atoms with Gasteiger partial charge < -0.3 is 10.6 Å². The molecule has 4 rings (SSSR count). The molecule has 2 fully saturated rings. The highest BCUT2D eigenvalue weighted by molar-refractivity contribution is 7.99. The molecular formula is C20H25N3O3S. The van der Waals surface area contributed by atoms with Crippen molar-refractivity contribution in [2.24, 2.45) is 0 Å². The minimum atomic E-state index is -0.664. The van der Waals surface area contributed by atoms with Crippen molar-refractivity contribution >= 4 is 29.6 Å². The van der Waals surface area contributed by atoms with E-state index in [1.165, 1.54) is 15.4 Å². The van der Waals surface area contributed by atoms with Gasteiger partial charge in [0.2, 0.25) is 5.91 Å². The summed E-state index contributed by atoms with van der Waals surface area (Å²) >= 11 is 1.82. The molecular weight excluding hydrogens is 362 g/mol. The predicted octanol–water partition coefficient (Wildman–Crippen LogP) is 2.98. The van der Waals surface area contributed by atoms with Crippen LogP contribution in [-0.4, -0.2) is 40.6 Å². The van der Waals surface area contributed by atoms with E-state index in [-0.39, 0.29) is 23.9 Å². The second-order valence-electron chi connectivity index (χ2n) is 7.57. The Morgan fingerprint density at radius 1 is 1.26 bits per heavy atom. The van der Waals surface area contributed by atoms with Gasteiger partial charge in [-0.1, -0.05) is 31.0 Å². The number of hydrogen-bond acceptors (Lipinski definition) is 4. The summed E-state index contributed by atoms with van der Waals surface area (Å²) in [5.41, 5.74) is 0.516. The first-order valence-electron chi connectivity index (χ1n) is 9.74. The number of nitrogens with zero attached hydrogens (tertiary/aromatic N) is 1. The average molecular weight is 388 g/mol. The van der Waals surface area contributed by atoms with Crippen LogP contribution in [0.25, 0.3) is 0 Å². The number of amides is 4. The topological polar surface area (TPSA) is 78.5 Å². The first kappa shape index (κ1) is 18.3. The summed E-state index contributed by atoms with van der Waals surface area (Å²) in [6.45, 7) is 0.303. The highest BCUT2D eigenvalue weighted by Gasteiger charge is 2.52. The van der Waals surface area contributed by atoms with Crippen LogP contribution in [0.4, 0.5) is 4.79 Å². The van der Waals surface area contributed by atoms with Crippen LogP contribution in [-0.2, 0) is 9.59 Å². The van der Waals surface area contributed by atoms with Gasteiger partial charge in [0.15, 0.2) is 0 Å². The third-order valence-corrected chi connectivity index (χ3v) is 6.90. The zero-order valence-corrected chi connectivity index (χ0v) is 16.1. The number of rotatable bonds is 5. The molecule has 1 atom stereocenters. The highest BCUT2D eigenvalue weighted by Crippen LogP contribution is 2.36. The molecule has 2 aliphatic heterocycles. The minimum Gasteiger partial charge on any atom is -0.349 e. The van der Waals surface area contributed by atoms with E-state index >= 15 is 0 Å². The highest BCUT2D eigenvalue weighted by atomic mass is 32.2. The van der Waals surface area contributed by atoms with Crippen LogP contribution in [0.2, 0.25) is 0 Å². The van der Waals surface area contributed by atoms with E-state index in [1.807, 2.05) is 23.9 Å². The monoisotopic (exact) mass is 387 g/mol. The molecule has 1 aromatic rings. The molecule has 0 bridgehead atoms. The lowest BCUT2D eigenvalue weighted by Crippen LogP contribution is -2.44. The Labute approximate surface area is 163 Å². The minimum absolute atomic E-state index is 0.0238. The van der Waals surface area contributed by atoms with E-state index in [1.54, 1.807) is 0 Å². The summed E-state index contributed by atoms with van der Waals surface area (Å²) < 4.78 is 0. The van der Waals surface area contributed by atoms with Crippen molar-refractivity contribution in [2.75, 3.05) is 12.3 Å². The molecule has 1 spiro atoms. The van der Waals surface area contributed by atoms with Gasteiger partial charge in [-0.3, -0.25) is 14.5 Å². The molecule has 1 saturated heterocycles. The number of hydrogen-bond donors (Lipinski definition) is 2. The number of imide groups is 1. The Kier molecular flexibility index (Phi) is 5.12. The van der Waals surface area contributed by atoms with Crippen molar-refractivity contribution in [3.8, 4) is 0 Å². The second-order valence-corrected chi connectivity index (χ2v) is 8.71. The largest absolute Gasteiger partial charge is 0.349 e. The third-order valence-electron chi connectivity index (χ3n) is 5.78. The van der Waals surface area contributed by atoms with Crippen LogP contribution in [0, 0.1) is 0 Å². The maximum absolute atomic E-state index is 12.6. The molecule has 2 heterocycles. The van der Waals surface area contributed by atoms with E-state index in [0.29, 0.717) is 19.4 Å². The van der Waals surface area contributed by atoms with Crippen molar-refractivity contribution in [2.45, 2.75) is 61.4 Å². The van der Waals surface area contributed by atoms with Crippen molar-refractivity contribution in [3.63, 3.8) is 0 Å². The molecule has 4 amide bonds. The fourth-order valence-electron chi connectivity index (χ4n) is 4.35. The Morgan fingerprint density at radius 2 is 2.04 bits per heavy atom. The molecule has 1 saturated carbocycles. The summed E-state index contributed by atoms with van der Waals surface area (Å²) in [6.07, 6.45) is 5.14. The molecule has 1 aromatic carbocycles. The molecule has 27 heavy (non-hydrogen) atoms. The summed E-state index contributed by atoms with van der Waals surface area (Å²) in [4.78, 5) is 39.7. The third kappa shape index (κ3) is 3.57. The fraction of sp³-hybridized carbons (Fsp3) is 0.550. The average Bonchev–Trinajstić information content (AvgIpc) is 3.22. The lowest BCUT2D eigenvalue weighted by atomic mass is 9.98. The molecule has 2 N–H and O–H groups in total. The van der Waals surface area contributed by atoms with Crippen molar-refractivity contribution < 1.29 is 14.4 Å². The number of urea groups is 1. The molecule has 0 unspecified atom stereocenters. The standard InChI is InChI=1S/C20H25N3O3S/c24-17(21-15-9-13-27-16-7-2-1-6-14(15)16)8-5-12-23-18(25)20(22-19(23)26)10-3-4-11-20/h1-2,6-7,15H,3-5,8-13H2,(H,21,24)(H,22,26)/t15-/m0/s1. The SMILES string of the molecule is O=C(CCCN1C(=O)NC2(CCCC2)C1=O)N[C@H]1CCSc2ccccc21. The van der Waals surface area contributed by atoms with E-state index < -0.39 is 5.54 Å². The molecule has 1 aliphatic carbocycles. The molecule has 0 radical (unpaired) electrons. The van der Waals surface area contributed by atoms with E-state index in [0.717, 1.165) is 37.9 Å². The molecule has 3 aliphatic rings. The second kappa shape index (κ2) is 7.54.